The van der Waals surface area contributed by atoms with Crippen molar-refractivity contribution < 1.29 is 14.8 Å². The number of aliphatic hydroxyl groups is 1. The van der Waals surface area contributed by atoms with Crippen LogP contribution in [0.2, 0.25) is 0 Å². The minimum atomic E-state index is -0.452. The highest BCUT2D eigenvalue weighted by molar-refractivity contribution is 5.62. The molecule has 2 rings (SSSR count). The number of nitrogens with zero attached hydrogens (tertiary/aromatic N) is 1. The summed E-state index contributed by atoms with van der Waals surface area (Å²) in [4.78, 5) is 10.6. The molecule has 0 saturated carbocycles. The van der Waals surface area contributed by atoms with E-state index in [0.717, 1.165) is 5.75 Å². The van der Waals surface area contributed by atoms with E-state index in [2.05, 4.69) is 5.32 Å². The van der Waals surface area contributed by atoms with Gasteiger partial charge in [0.25, 0.3) is 5.69 Å². The van der Waals surface area contributed by atoms with E-state index in [1.807, 2.05) is 37.3 Å². The number of para-hydroxylation sites is 1. The molecule has 2 aromatic rings. The molecule has 0 saturated heterocycles. The lowest BCUT2D eigenvalue weighted by molar-refractivity contribution is -0.384. The highest BCUT2D eigenvalue weighted by Gasteiger charge is 2.15. The van der Waals surface area contributed by atoms with Gasteiger partial charge in [0.15, 0.2) is 0 Å². The molecule has 0 aliphatic carbocycles. The smallest absolute Gasteiger partial charge is 0.292 e. The number of nitro benzene ring substituents is 1. The Kier molecular flexibility index (Phi) is 5.32. The summed E-state index contributed by atoms with van der Waals surface area (Å²) in [6, 6.07) is 13.9. The van der Waals surface area contributed by atoms with Crippen LogP contribution in [0.1, 0.15) is 12.5 Å². The second-order valence-corrected chi connectivity index (χ2v) is 4.89. The summed E-state index contributed by atoms with van der Waals surface area (Å²) in [5.74, 6) is 0.746. The summed E-state index contributed by atoms with van der Waals surface area (Å²) in [7, 11) is 0. The summed E-state index contributed by atoms with van der Waals surface area (Å²) >= 11 is 0. The van der Waals surface area contributed by atoms with Crippen molar-refractivity contribution in [1.82, 2.24) is 0 Å². The third-order valence-electron chi connectivity index (χ3n) is 3.10. The molecule has 0 radical (unpaired) electrons. The number of benzene rings is 2. The van der Waals surface area contributed by atoms with Gasteiger partial charge in [-0.15, -0.1) is 0 Å². The summed E-state index contributed by atoms with van der Waals surface area (Å²) in [6.45, 7) is 2.12. The SMILES string of the molecule is CC(CNc1cc(CO)ccc1[N+](=O)[O-])Oc1ccccc1. The Morgan fingerprint density at radius 3 is 2.64 bits per heavy atom. The number of nitrogens with one attached hydrogen (secondary N) is 1. The van der Waals surface area contributed by atoms with Crippen LogP contribution in [0.3, 0.4) is 0 Å². The average Bonchev–Trinajstić information content (AvgIpc) is 2.53. The summed E-state index contributed by atoms with van der Waals surface area (Å²) in [6.07, 6.45) is -0.167. The first kappa shape index (κ1) is 15.8. The van der Waals surface area contributed by atoms with Crippen LogP contribution in [0.4, 0.5) is 11.4 Å². The molecule has 0 aliphatic heterocycles. The zero-order chi connectivity index (χ0) is 15.9. The fraction of sp³-hybridized carbons (Fsp3) is 0.250. The van der Waals surface area contributed by atoms with Crippen molar-refractivity contribution in [3.63, 3.8) is 0 Å². The molecule has 0 spiro atoms. The zero-order valence-electron chi connectivity index (χ0n) is 12.2. The van der Waals surface area contributed by atoms with Gasteiger partial charge in [0, 0.05) is 6.07 Å². The summed E-state index contributed by atoms with van der Waals surface area (Å²) < 4.78 is 5.71. The van der Waals surface area contributed by atoms with Gasteiger partial charge in [-0.25, -0.2) is 0 Å². The molecular formula is C16H18N2O4. The number of nitro groups is 1. The van der Waals surface area contributed by atoms with E-state index in [0.29, 0.717) is 17.8 Å². The molecule has 0 aromatic heterocycles. The molecular weight excluding hydrogens is 284 g/mol. The number of anilines is 1. The number of hydrogen-bond donors (Lipinski definition) is 2. The van der Waals surface area contributed by atoms with Gasteiger partial charge in [-0.05, 0) is 36.8 Å². The van der Waals surface area contributed by atoms with Crippen LogP contribution in [-0.4, -0.2) is 22.7 Å². The van der Waals surface area contributed by atoms with Crippen molar-refractivity contribution in [3.8, 4) is 5.75 Å². The Labute approximate surface area is 128 Å². The van der Waals surface area contributed by atoms with Crippen molar-refractivity contribution in [2.75, 3.05) is 11.9 Å². The second kappa shape index (κ2) is 7.42. The maximum absolute atomic E-state index is 11.0. The van der Waals surface area contributed by atoms with Gasteiger partial charge in [0.05, 0.1) is 18.1 Å². The van der Waals surface area contributed by atoms with Crippen molar-refractivity contribution in [2.24, 2.45) is 0 Å². The molecule has 1 atom stereocenters. The van der Waals surface area contributed by atoms with Gasteiger partial charge in [-0.3, -0.25) is 10.1 Å². The molecule has 1 unspecified atom stereocenters. The third kappa shape index (κ3) is 4.20. The second-order valence-electron chi connectivity index (χ2n) is 4.89. The van der Waals surface area contributed by atoms with Crippen LogP contribution in [0.5, 0.6) is 5.75 Å². The third-order valence-corrected chi connectivity index (χ3v) is 3.10. The molecule has 6 heteroatoms. The maximum atomic E-state index is 11.0. The Bertz CT molecular complexity index is 631. The molecule has 0 heterocycles. The van der Waals surface area contributed by atoms with Gasteiger partial charge >= 0.3 is 0 Å². The minimum absolute atomic E-state index is 0.0240. The van der Waals surface area contributed by atoms with Crippen molar-refractivity contribution in [1.29, 1.82) is 0 Å². The Morgan fingerprint density at radius 2 is 2.00 bits per heavy atom. The van der Waals surface area contributed by atoms with Crippen molar-refractivity contribution in [3.05, 3.63) is 64.2 Å². The standard InChI is InChI=1S/C16H18N2O4/c1-12(22-14-5-3-2-4-6-14)10-17-15-9-13(11-19)7-8-16(15)18(20)21/h2-9,12,17,19H,10-11H2,1H3. The van der Waals surface area contributed by atoms with Crippen LogP contribution in [0, 0.1) is 10.1 Å². The number of ether oxygens (including phenoxy) is 1. The summed E-state index contributed by atoms with van der Waals surface area (Å²) in [5.41, 5.74) is 0.967. The van der Waals surface area contributed by atoms with E-state index in [1.165, 1.54) is 12.1 Å². The highest BCUT2D eigenvalue weighted by Crippen LogP contribution is 2.25. The molecule has 0 amide bonds. The Morgan fingerprint density at radius 1 is 1.27 bits per heavy atom. The molecule has 22 heavy (non-hydrogen) atoms. The summed E-state index contributed by atoms with van der Waals surface area (Å²) in [5, 5.41) is 23.2. The van der Waals surface area contributed by atoms with Gasteiger partial charge in [0.1, 0.15) is 17.5 Å². The first-order chi connectivity index (χ1) is 10.6. The normalized spacial score (nSPS) is 11.7. The molecule has 2 N–H and O–H groups in total. The molecule has 2 aromatic carbocycles. The Balaban J connectivity index is 2.02. The first-order valence-corrected chi connectivity index (χ1v) is 6.94. The van der Waals surface area contributed by atoms with E-state index in [4.69, 9.17) is 9.84 Å². The van der Waals surface area contributed by atoms with E-state index >= 15 is 0 Å². The van der Waals surface area contributed by atoms with Gasteiger partial charge in [-0.1, -0.05) is 18.2 Å². The first-order valence-electron chi connectivity index (χ1n) is 6.94. The Hall–Kier alpha value is -2.60. The number of hydrogen-bond acceptors (Lipinski definition) is 5. The lowest BCUT2D eigenvalue weighted by atomic mass is 10.1. The zero-order valence-corrected chi connectivity index (χ0v) is 12.2. The van der Waals surface area contributed by atoms with Crippen LogP contribution in [-0.2, 0) is 6.61 Å². The van der Waals surface area contributed by atoms with Crippen LogP contribution in [0.15, 0.2) is 48.5 Å². The van der Waals surface area contributed by atoms with E-state index < -0.39 is 4.92 Å². The van der Waals surface area contributed by atoms with Crippen LogP contribution < -0.4 is 10.1 Å². The maximum Gasteiger partial charge on any atom is 0.292 e. The molecule has 0 bridgehead atoms. The van der Waals surface area contributed by atoms with Crippen LogP contribution >= 0.6 is 0 Å². The number of rotatable bonds is 7. The van der Waals surface area contributed by atoms with Gasteiger partial charge in [-0.2, -0.15) is 0 Å². The molecule has 6 nitrogen and oxygen atoms in total. The predicted molar refractivity (Wildman–Crippen MR) is 84.0 cm³/mol. The van der Waals surface area contributed by atoms with E-state index in [1.54, 1.807) is 6.07 Å². The van der Waals surface area contributed by atoms with Gasteiger partial charge < -0.3 is 15.2 Å². The van der Waals surface area contributed by atoms with Gasteiger partial charge in [0.2, 0.25) is 0 Å². The largest absolute Gasteiger partial charge is 0.489 e. The van der Waals surface area contributed by atoms with E-state index in [-0.39, 0.29) is 18.4 Å². The van der Waals surface area contributed by atoms with E-state index in [9.17, 15) is 10.1 Å². The predicted octanol–water partition coefficient (Wildman–Crippen LogP) is 2.97. The fourth-order valence-corrected chi connectivity index (χ4v) is 2.01. The monoisotopic (exact) mass is 302 g/mol. The fourth-order valence-electron chi connectivity index (χ4n) is 2.01. The lowest BCUT2D eigenvalue weighted by Gasteiger charge is -2.16. The molecule has 116 valence electrons. The molecule has 0 fully saturated rings. The lowest BCUT2D eigenvalue weighted by Crippen LogP contribution is -2.23. The topological polar surface area (TPSA) is 84.6 Å². The van der Waals surface area contributed by atoms with Crippen LogP contribution in [0.25, 0.3) is 0 Å². The van der Waals surface area contributed by atoms with Crippen molar-refractivity contribution in [2.45, 2.75) is 19.6 Å². The van der Waals surface area contributed by atoms with Crippen molar-refractivity contribution >= 4 is 11.4 Å². The quantitative estimate of drug-likeness (QED) is 0.606. The minimum Gasteiger partial charge on any atom is -0.489 e. The average molecular weight is 302 g/mol. The molecule has 0 aliphatic rings. The highest BCUT2D eigenvalue weighted by atomic mass is 16.6. The number of aliphatic hydroxyl groups excluding tert-OH is 1.